The van der Waals surface area contributed by atoms with Gasteiger partial charge in [-0.15, -0.1) is 0 Å². The van der Waals surface area contributed by atoms with E-state index in [4.69, 9.17) is 14.2 Å². The van der Waals surface area contributed by atoms with E-state index < -0.39 is 30.2 Å². The van der Waals surface area contributed by atoms with Crippen LogP contribution in [0.5, 0.6) is 5.75 Å². The second-order valence-corrected chi connectivity index (χ2v) is 7.43. The number of ether oxygens (including phenoxy) is 3. The second-order valence-electron chi connectivity index (χ2n) is 7.43. The average molecular weight is 443 g/mol. The number of hydrogen-bond acceptors (Lipinski definition) is 6. The number of anilines is 2. The van der Waals surface area contributed by atoms with Gasteiger partial charge in [-0.2, -0.15) is 0 Å². The molecule has 3 amide bonds. The van der Waals surface area contributed by atoms with Crippen LogP contribution >= 0.6 is 0 Å². The second kappa shape index (κ2) is 9.13. The third kappa shape index (κ3) is 4.74. The number of cyclic esters (lactones) is 2. The summed E-state index contributed by atoms with van der Waals surface area (Å²) < 4.78 is 30.6. The van der Waals surface area contributed by atoms with Gasteiger partial charge in [0.15, 0.2) is 17.7 Å². The van der Waals surface area contributed by atoms with E-state index in [2.05, 4.69) is 5.32 Å². The number of nitrogens with zero attached hydrogens (tertiary/aromatic N) is 2. The van der Waals surface area contributed by atoms with Crippen molar-refractivity contribution in [1.29, 1.82) is 0 Å². The topological polar surface area (TPSA) is 97.4 Å². The molecule has 0 unspecified atom stereocenters. The first-order valence-electron chi connectivity index (χ1n) is 10.1. The highest BCUT2D eigenvalue weighted by atomic mass is 19.1. The molecule has 2 aromatic carbocycles. The smallest absolute Gasteiger partial charge is 0.414 e. The summed E-state index contributed by atoms with van der Waals surface area (Å²) in [6.07, 6.45) is -2.17. The lowest BCUT2D eigenvalue weighted by atomic mass is 10.2. The van der Waals surface area contributed by atoms with Crippen LogP contribution in [-0.2, 0) is 14.3 Å². The van der Waals surface area contributed by atoms with Crippen LogP contribution in [0, 0.1) is 5.82 Å². The molecule has 0 spiro atoms. The van der Waals surface area contributed by atoms with Crippen molar-refractivity contribution in [3.8, 4) is 5.75 Å². The summed E-state index contributed by atoms with van der Waals surface area (Å²) in [5.74, 6) is -0.915. The summed E-state index contributed by atoms with van der Waals surface area (Å²) in [7, 11) is 0. The Morgan fingerprint density at radius 3 is 2.38 bits per heavy atom. The van der Waals surface area contributed by atoms with Crippen LogP contribution in [-0.4, -0.2) is 56.5 Å². The fourth-order valence-electron chi connectivity index (χ4n) is 3.48. The van der Waals surface area contributed by atoms with E-state index in [0.717, 1.165) is 0 Å². The lowest BCUT2D eigenvalue weighted by Crippen LogP contribution is -2.33. The molecule has 2 heterocycles. The number of halogens is 1. The molecule has 2 aromatic rings. The minimum absolute atomic E-state index is 0.0180. The molecule has 2 saturated heterocycles. The number of para-hydroxylation sites is 1. The van der Waals surface area contributed by atoms with Crippen LogP contribution in [0.3, 0.4) is 0 Å². The maximum Gasteiger partial charge on any atom is 0.414 e. The standard InChI is InChI=1S/C22H22FN3O6/c1-14(27)24-10-17-11-26(22(29)31-17)16-7-8-20(19(23)9-16)30-13-18-12-25(21(28)32-18)15-5-3-2-4-6-15/h2-9,17-18H,10-13H2,1H3,(H,24,27)/t17-,18-/m0/s1. The molecular weight excluding hydrogens is 421 g/mol. The summed E-state index contributed by atoms with van der Waals surface area (Å²) >= 11 is 0. The Labute approximate surface area is 183 Å². The number of amides is 3. The maximum atomic E-state index is 14.6. The van der Waals surface area contributed by atoms with Crippen LogP contribution in [0.25, 0.3) is 0 Å². The van der Waals surface area contributed by atoms with E-state index in [1.165, 1.54) is 34.9 Å². The molecule has 10 heteroatoms. The number of carbonyl (C=O) groups is 3. The Balaban J connectivity index is 1.34. The summed E-state index contributed by atoms with van der Waals surface area (Å²) in [6, 6.07) is 13.2. The van der Waals surface area contributed by atoms with Crippen molar-refractivity contribution >= 4 is 29.5 Å². The van der Waals surface area contributed by atoms with Crippen molar-refractivity contribution in [3.63, 3.8) is 0 Å². The van der Waals surface area contributed by atoms with E-state index in [9.17, 15) is 18.8 Å². The highest BCUT2D eigenvalue weighted by molar-refractivity contribution is 5.90. The zero-order valence-electron chi connectivity index (χ0n) is 17.3. The molecule has 32 heavy (non-hydrogen) atoms. The van der Waals surface area contributed by atoms with Gasteiger partial charge >= 0.3 is 12.2 Å². The molecule has 168 valence electrons. The van der Waals surface area contributed by atoms with Gasteiger partial charge in [-0.1, -0.05) is 18.2 Å². The predicted molar refractivity (Wildman–Crippen MR) is 112 cm³/mol. The molecular formula is C22H22FN3O6. The van der Waals surface area contributed by atoms with Crippen LogP contribution < -0.4 is 19.9 Å². The van der Waals surface area contributed by atoms with Gasteiger partial charge in [-0.3, -0.25) is 14.6 Å². The molecule has 1 N–H and O–H groups in total. The van der Waals surface area contributed by atoms with Crippen LogP contribution in [0.2, 0.25) is 0 Å². The number of carbonyl (C=O) groups excluding carboxylic acids is 3. The summed E-state index contributed by atoms with van der Waals surface area (Å²) in [4.78, 5) is 38.0. The first kappa shape index (κ1) is 21.4. The number of rotatable bonds is 7. The highest BCUT2D eigenvalue weighted by Gasteiger charge is 2.34. The van der Waals surface area contributed by atoms with Gasteiger partial charge < -0.3 is 19.5 Å². The molecule has 0 bridgehead atoms. The van der Waals surface area contributed by atoms with E-state index >= 15 is 0 Å². The molecule has 0 radical (unpaired) electrons. The SMILES string of the molecule is CC(=O)NC[C@H]1CN(c2ccc(OC[C@@H]3CN(c4ccccc4)C(=O)O3)c(F)c2)C(=O)O1. The van der Waals surface area contributed by atoms with Gasteiger partial charge in [-0.25, -0.2) is 14.0 Å². The normalized spacial score (nSPS) is 20.2. The molecule has 2 atom stereocenters. The molecule has 0 aromatic heterocycles. The first-order valence-corrected chi connectivity index (χ1v) is 10.1. The monoisotopic (exact) mass is 443 g/mol. The van der Waals surface area contributed by atoms with Gasteiger partial charge in [0, 0.05) is 18.7 Å². The fourth-order valence-corrected chi connectivity index (χ4v) is 3.48. The molecule has 2 aliphatic heterocycles. The molecule has 0 aliphatic carbocycles. The molecule has 2 aliphatic rings. The van der Waals surface area contributed by atoms with E-state index in [-0.39, 0.29) is 37.9 Å². The Morgan fingerprint density at radius 1 is 1.03 bits per heavy atom. The molecule has 2 fully saturated rings. The van der Waals surface area contributed by atoms with Crippen LogP contribution in [0.15, 0.2) is 48.5 Å². The summed E-state index contributed by atoms with van der Waals surface area (Å²) in [5.41, 5.74) is 1.03. The Bertz CT molecular complexity index is 1020. The van der Waals surface area contributed by atoms with Crippen molar-refractivity contribution in [2.24, 2.45) is 0 Å². The van der Waals surface area contributed by atoms with E-state index in [0.29, 0.717) is 11.4 Å². The summed E-state index contributed by atoms with van der Waals surface area (Å²) in [6.45, 7) is 2.01. The van der Waals surface area contributed by atoms with Gasteiger partial charge in [-0.05, 0) is 24.3 Å². The van der Waals surface area contributed by atoms with Crippen molar-refractivity contribution in [2.75, 3.05) is 36.0 Å². The predicted octanol–water partition coefficient (Wildman–Crippen LogP) is 2.69. The van der Waals surface area contributed by atoms with Crippen molar-refractivity contribution < 1.29 is 33.0 Å². The first-order chi connectivity index (χ1) is 15.4. The lowest BCUT2D eigenvalue weighted by molar-refractivity contribution is -0.119. The molecule has 0 saturated carbocycles. The minimum atomic E-state index is -0.662. The van der Waals surface area contributed by atoms with Gasteiger partial charge in [0.2, 0.25) is 5.91 Å². The van der Waals surface area contributed by atoms with E-state index in [1.807, 2.05) is 18.2 Å². The number of hydrogen-bond donors (Lipinski definition) is 1. The largest absolute Gasteiger partial charge is 0.487 e. The van der Waals surface area contributed by atoms with Crippen molar-refractivity contribution in [2.45, 2.75) is 19.1 Å². The van der Waals surface area contributed by atoms with Gasteiger partial charge in [0.1, 0.15) is 12.7 Å². The van der Waals surface area contributed by atoms with Crippen LogP contribution in [0.4, 0.5) is 25.4 Å². The Hall–Kier alpha value is -3.82. The zero-order valence-corrected chi connectivity index (χ0v) is 17.3. The minimum Gasteiger partial charge on any atom is -0.487 e. The highest BCUT2D eigenvalue weighted by Crippen LogP contribution is 2.28. The van der Waals surface area contributed by atoms with E-state index in [1.54, 1.807) is 12.1 Å². The Morgan fingerprint density at radius 2 is 1.69 bits per heavy atom. The van der Waals surface area contributed by atoms with Gasteiger partial charge in [0.25, 0.3) is 0 Å². The fraction of sp³-hybridized carbons (Fsp3) is 0.318. The summed E-state index contributed by atoms with van der Waals surface area (Å²) in [5, 5.41) is 2.58. The van der Waals surface area contributed by atoms with Gasteiger partial charge in [0.05, 0.1) is 25.3 Å². The third-order valence-corrected chi connectivity index (χ3v) is 5.05. The number of nitrogens with one attached hydrogen (secondary N) is 1. The third-order valence-electron chi connectivity index (χ3n) is 5.05. The van der Waals surface area contributed by atoms with Crippen molar-refractivity contribution in [3.05, 3.63) is 54.3 Å². The quantitative estimate of drug-likeness (QED) is 0.707. The van der Waals surface area contributed by atoms with Crippen molar-refractivity contribution in [1.82, 2.24) is 5.32 Å². The Kier molecular flexibility index (Phi) is 6.11. The molecule has 4 rings (SSSR count). The van der Waals surface area contributed by atoms with Crippen LogP contribution in [0.1, 0.15) is 6.92 Å². The maximum absolute atomic E-state index is 14.6. The average Bonchev–Trinajstić information content (AvgIpc) is 3.34. The lowest BCUT2D eigenvalue weighted by Gasteiger charge is -2.16. The number of benzene rings is 2. The zero-order chi connectivity index (χ0) is 22.7. The molecule has 9 nitrogen and oxygen atoms in total.